The van der Waals surface area contributed by atoms with Crippen molar-refractivity contribution in [3.8, 4) is 11.5 Å². The zero-order chi connectivity index (χ0) is 17.3. The van der Waals surface area contributed by atoms with Crippen molar-refractivity contribution in [2.24, 2.45) is 0 Å². The number of fused-ring (bicyclic) bond motifs is 1. The first kappa shape index (κ1) is 15.6. The third-order valence-corrected chi connectivity index (χ3v) is 3.77. The normalized spacial score (nSPS) is 10.6. The maximum absolute atomic E-state index is 12.7. The van der Waals surface area contributed by atoms with E-state index in [-0.39, 0.29) is 11.3 Å². The molecule has 24 heavy (non-hydrogen) atoms. The lowest BCUT2D eigenvalue weighted by Crippen LogP contribution is -2.08. The highest BCUT2D eigenvalue weighted by atomic mass is 16.5. The fourth-order valence-corrected chi connectivity index (χ4v) is 2.67. The summed E-state index contributed by atoms with van der Waals surface area (Å²) in [5.41, 5.74) is 0.758. The van der Waals surface area contributed by atoms with E-state index in [0.717, 1.165) is 0 Å². The fraction of sp³-hybridized carbons (Fsp3) is 0.111. The molecule has 3 rings (SSSR count). The zero-order valence-corrected chi connectivity index (χ0v) is 13.1. The molecular weight excluding hydrogens is 310 g/mol. The number of nitrogens with one attached hydrogen (secondary N) is 1. The van der Waals surface area contributed by atoms with Gasteiger partial charge >= 0.3 is 5.97 Å². The lowest BCUT2D eigenvalue weighted by molar-refractivity contribution is 0.0694. The van der Waals surface area contributed by atoms with Crippen LogP contribution < -0.4 is 9.47 Å². The molecule has 6 nitrogen and oxygen atoms in total. The minimum absolute atomic E-state index is 0.00949. The Morgan fingerprint density at radius 3 is 2.33 bits per heavy atom. The fourth-order valence-electron chi connectivity index (χ4n) is 2.67. The Labute approximate surface area is 137 Å². The molecule has 0 aliphatic heterocycles. The summed E-state index contributed by atoms with van der Waals surface area (Å²) in [5, 5.41) is 9.97. The number of carbonyl (C=O) groups excluding carboxylic acids is 1. The number of hydrogen-bond donors (Lipinski definition) is 2. The quantitative estimate of drug-likeness (QED) is 0.704. The van der Waals surface area contributed by atoms with Crippen LogP contribution in [0.4, 0.5) is 0 Å². The third kappa shape index (κ3) is 2.48. The van der Waals surface area contributed by atoms with Gasteiger partial charge in [-0.1, -0.05) is 30.3 Å². The van der Waals surface area contributed by atoms with Crippen LogP contribution in [0.25, 0.3) is 10.9 Å². The van der Waals surface area contributed by atoms with E-state index in [9.17, 15) is 14.7 Å². The number of methoxy groups -OCH3 is 2. The largest absolute Gasteiger partial charge is 0.497 e. The van der Waals surface area contributed by atoms with E-state index in [2.05, 4.69) is 4.98 Å². The molecule has 2 N–H and O–H groups in total. The summed E-state index contributed by atoms with van der Waals surface area (Å²) in [6, 6.07) is 11.7. The minimum Gasteiger partial charge on any atom is -0.497 e. The summed E-state index contributed by atoms with van der Waals surface area (Å²) in [4.78, 5) is 27.4. The van der Waals surface area contributed by atoms with Gasteiger partial charge in [-0.05, 0) is 0 Å². The highest BCUT2D eigenvalue weighted by Crippen LogP contribution is 2.36. The highest BCUT2D eigenvalue weighted by Gasteiger charge is 2.26. The van der Waals surface area contributed by atoms with Crippen molar-refractivity contribution in [1.82, 2.24) is 4.98 Å². The number of ketones is 1. The second kappa shape index (κ2) is 6.08. The maximum atomic E-state index is 12.7. The van der Waals surface area contributed by atoms with Crippen molar-refractivity contribution < 1.29 is 24.2 Å². The molecule has 0 spiro atoms. The van der Waals surface area contributed by atoms with Gasteiger partial charge in [0.15, 0.2) is 0 Å². The first-order valence-electron chi connectivity index (χ1n) is 7.17. The average Bonchev–Trinajstić information content (AvgIpc) is 3.00. The number of H-pyrrole nitrogens is 1. The number of aromatic nitrogens is 1. The Hall–Kier alpha value is -3.28. The van der Waals surface area contributed by atoms with Crippen molar-refractivity contribution in [3.63, 3.8) is 0 Å². The molecule has 0 fully saturated rings. The molecule has 122 valence electrons. The van der Waals surface area contributed by atoms with Crippen LogP contribution in [0.1, 0.15) is 26.4 Å². The molecule has 0 radical (unpaired) electrons. The van der Waals surface area contributed by atoms with E-state index < -0.39 is 11.8 Å². The second-order valence-electron chi connectivity index (χ2n) is 5.13. The van der Waals surface area contributed by atoms with E-state index in [1.165, 1.54) is 14.2 Å². The number of aromatic carboxylic acids is 1. The maximum Gasteiger partial charge on any atom is 0.338 e. The van der Waals surface area contributed by atoms with Gasteiger partial charge in [-0.2, -0.15) is 0 Å². The monoisotopic (exact) mass is 325 g/mol. The number of rotatable bonds is 5. The van der Waals surface area contributed by atoms with Crippen LogP contribution in [-0.4, -0.2) is 36.1 Å². The molecule has 3 aromatic rings. The van der Waals surface area contributed by atoms with Crippen LogP contribution >= 0.6 is 0 Å². The lowest BCUT2D eigenvalue weighted by Gasteiger charge is -2.06. The van der Waals surface area contributed by atoms with Crippen LogP contribution in [0, 0.1) is 0 Å². The van der Waals surface area contributed by atoms with Gasteiger partial charge in [0.25, 0.3) is 0 Å². The number of aromatic amines is 1. The van der Waals surface area contributed by atoms with Gasteiger partial charge in [0.2, 0.25) is 5.78 Å². The van der Waals surface area contributed by atoms with Crippen molar-refractivity contribution in [2.75, 3.05) is 14.2 Å². The number of benzene rings is 2. The van der Waals surface area contributed by atoms with Gasteiger partial charge in [0.05, 0.1) is 30.7 Å². The summed E-state index contributed by atoms with van der Waals surface area (Å²) < 4.78 is 10.5. The highest BCUT2D eigenvalue weighted by molar-refractivity contribution is 6.19. The number of carbonyl (C=O) groups is 2. The van der Waals surface area contributed by atoms with E-state index in [1.807, 2.05) is 0 Å². The molecule has 1 heterocycles. The Morgan fingerprint density at radius 1 is 1.04 bits per heavy atom. The van der Waals surface area contributed by atoms with Gasteiger partial charge in [-0.25, -0.2) is 4.79 Å². The first-order valence-corrected chi connectivity index (χ1v) is 7.17. The molecule has 0 atom stereocenters. The van der Waals surface area contributed by atoms with Gasteiger partial charge < -0.3 is 19.6 Å². The summed E-state index contributed by atoms with van der Waals surface area (Å²) >= 11 is 0. The molecule has 1 aromatic heterocycles. The molecule has 6 heteroatoms. The van der Waals surface area contributed by atoms with Crippen LogP contribution in [-0.2, 0) is 0 Å². The Morgan fingerprint density at radius 2 is 1.75 bits per heavy atom. The molecule has 0 saturated carbocycles. The van der Waals surface area contributed by atoms with Crippen LogP contribution in [0.5, 0.6) is 11.5 Å². The smallest absolute Gasteiger partial charge is 0.338 e. The van der Waals surface area contributed by atoms with Gasteiger partial charge in [-0.3, -0.25) is 4.79 Å². The van der Waals surface area contributed by atoms with Crippen molar-refractivity contribution in [2.45, 2.75) is 0 Å². The van der Waals surface area contributed by atoms with Gasteiger partial charge in [-0.15, -0.1) is 0 Å². The summed E-state index contributed by atoms with van der Waals surface area (Å²) in [5.74, 6) is -0.782. The molecular formula is C18H15NO5. The van der Waals surface area contributed by atoms with E-state index in [1.54, 1.807) is 42.5 Å². The number of hydrogen-bond acceptors (Lipinski definition) is 4. The van der Waals surface area contributed by atoms with E-state index in [4.69, 9.17) is 9.47 Å². The van der Waals surface area contributed by atoms with E-state index >= 15 is 0 Å². The van der Waals surface area contributed by atoms with Crippen molar-refractivity contribution >= 4 is 22.7 Å². The molecule has 0 amide bonds. The average molecular weight is 325 g/mol. The SMILES string of the molecule is COc1cc(OC)c2c(C(=O)O)c(C(=O)c3ccccc3)[nH]c2c1. The Bertz CT molecular complexity index is 927. The predicted octanol–water partition coefficient (Wildman–Crippen LogP) is 3.11. The predicted molar refractivity (Wildman–Crippen MR) is 88.2 cm³/mol. The van der Waals surface area contributed by atoms with Gasteiger partial charge in [0.1, 0.15) is 17.2 Å². The minimum atomic E-state index is -1.20. The van der Waals surface area contributed by atoms with Crippen molar-refractivity contribution in [3.05, 3.63) is 59.3 Å². The molecule has 0 saturated heterocycles. The lowest BCUT2D eigenvalue weighted by atomic mass is 10.0. The Kier molecular flexibility index (Phi) is 3.95. The molecule has 0 bridgehead atoms. The standard InChI is InChI=1S/C18H15NO5/c1-23-11-8-12-14(13(9-11)24-2)15(18(21)22)16(19-12)17(20)10-6-4-3-5-7-10/h3-9,19H,1-2H3,(H,21,22). The molecule has 2 aromatic carbocycles. The van der Waals surface area contributed by atoms with Gasteiger partial charge in [0, 0.05) is 17.7 Å². The number of carboxylic acid groups (broad SMARTS) is 1. The number of carboxylic acids is 1. The third-order valence-electron chi connectivity index (χ3n) is 3.77. The Balaban J connectivity index is 2.30. The summed E-state index contributed by atoms with van der Waals surface area (Å²) in [7, 11) is 2.93. The second-order valence-corrected chi connectivity index (χ2v) is 5.13. The van der Waals surface area contributed by atoms with E-state index in [0.29, 0.717) is 28.0 Å². The summed E-state index contributed by atoms with van der Waals surface area (Å²) in [6.07, 6.45) is 0. The van der Waals surface area contributed by atoms with Crippen LogP contribution in [0.3, 0.4) is 0 Å². The van der Waals surface area contributed by atoms with Crippen molar-refractivity contribution in [1.29, 1.82) is 0 Å². The number of ether oxygens (including phenoxy) is 2. The zero-order valence-electron chi connectivity index (χ0n) is 13.1. The topological polar surface area (TPSA) is 88.6 Å². The first-order chi connectivity index (χ1) is 11.6. The van der Waals surface area contributed by atoms with Crippen LogP contribution in [0.2, 0.25) is 0 Å². The van der Waals surface area contributed by atoms with Crippen LogP contribution in [0.15, 0.2) is 42.5 Å². The molecule has 0 aliphatic carbocycles. The molecule has 0 unspecified atom stereocenters. The summed E-state index contributed by atoms with van der Waals surface area (Å²) in [6.45, 7) is 0. The molecule has 0 aliphatic rings.